The average molecular weight is 287 g/mol. The van der Waals surface area contributed by atoms with Gasteiger partial charge in [-0.15, -0.1) is 0 Å². The van der Waals surface area contributed by atoms with Gasteiger partial charge in [0.15, 0.2) is 0 Å². The quantitative estimate of drug-likeness (QED) is 0.783. The lowest BCUT2D eigenvalue weighted by atomic mass is 10.1. The molecule has 1 aliphatic carbocycles. The molecule has 112 valence electrons. The van der Waals surface area contributed by atoms with Crippen molar-refractivity contribution in [1.29, 1.82) is 0 Å². The number of hydrogen-bond donors (Lipinski definition) is 0. The van der Waals surface area contributed by atoms with Crippen molar-refractivity contribution in [3.63, 3.8) is 0 Å². The summed E-state index contributed by atoms with van der Waals surface area (Å²) in [7, 11) is 1.73. The van der Waals surface area contributed by atoms with Gasteiger partial charge in [0.2, 0.25) is 11.7 Å². The van der Waals surface area contributed by atoms with E-state index in [1.54, 1.807) is 7.11 Å². The molecule has 1 heterocycles. The van der Waals surface area contributed by atoms with Crippen LogP contribution in [0.3, 0.4) is 0 Å². The van der Waals surface area contributed by atoms with E-state index in [1.807, 2.05) is 18.2 Å². The van der Waals surface area contributed by atoms with Crippen molar-refractivity contribution in [2.24, 2.45) is 0 Å². The monoisotopic (exact) mass is 287 g/mol. The van der Waals surface area contributed by atoms with Gasteiger partial charge in [-0.05, 0) is 25.3 Å². The number of benzene rings is 1. The highest BCUT2D eigenvalue weighted by Crippen LogP contribution is 2.28. The van der Waals surface area contributed by atoms with Gasteiger partial charge in [0, 0.05) is 25.3 Å². The molecule has 3 rings (SSSR count). The second-order valence-corrected chi connectivity index (χ2v) is 5.52. The highest BCUT2D eigenvalue weighted by atomic mass is 16.5. The zero-order valence-corrected chi connectivity index (χ0v) is 12.6. The molecule has 2 aromatic rings. The van der Waals surface area contributed by atoms with Crippen LogP contribution in [0.15, 0.2) is 28.8 Å². The molecule has 0 atom stereocenters. The molecule has 5 nitrogen and oxygen atoms in total. The maximum absolute atomic E-state index is 5.42. The summed E-state index contributed by atoms with van der Waals surface area (Å²) >= 11 is 0. The second kappa shape index (κ2) is 6.37. The Morgan fingerprint density at radius 1 is 1.33 bits per heavy atom. The molecule has 1 aromatic heterocycles. The topological polar surface area (TPSA) is 51.4 Å². The first kappa shape index (κ1) is 14.2. The summed E-state index contributed by atoms with van der Waals surface area (Å²) in [5, 5.41) is 4.12. The van der Waals surface area contributed by atoms with Crippen molar-refractivity contribution in [2.45, 2.75) is 32.4 Å². The number of aryl methyl sites for hydroxylation is 1. The van der Waals surface area contributed by atoms with Crippen molar-refractivity contribution >= 4 is 0 Å². The number of aromatic nitrogens is 2. The Balaban J connectivity index is 1.71. The van der Waals surface area contributed by atoms with Crippen molar-refractivity contribution in [3.05, 3.63) is 35.7 Å². The Bertz CT molecular complexity index is 593. The van der Waals surface area contributed by atoms with Crippen molar-refractivity contribution in [1.82, 2.24) is 15.0 Å². The van der Waals surface area contributed by atoms with E-state index in [2.05, 4.69) is 28.0 Å². The van der Waals surface area contributed by atoms with Crippen LogP contribution in [0.25, 0.3) is 11.4 Å². The molecular weight excluding hydrogens is 266 g/mol. The summed E-state index contributed by atoms with van der Waals surface area (Å²) in [5.74, 6) is 1.35. The summed E-state index contributed by atoms with van der Waals surface area (Å²) in [6.07, 6.45) is 2.50. The molecule has 1 saturated carbocycles. The van der Waals surface area contributed by atoms with Gasteiger partial charge in [0.25, 0.3) is 0 Å². The summed E-state index contributed by atoms with van der Waals surface area (Å²) in [5.41, 5.74) is 2.19. The van der Waals surface area contributed by atoms with Gasteiger partial charge in [-0.3, -0.25) is 4.90 Å². The fourth-order valence-corrected chi connectivity index (χ4v) is 2.46. The molecule has 0 bridgehead atoms. The summed E-state index contributed by atoms with van der Waals surface area (Å²) in [4.78, 5) is 6.90. The SMILES string of the molecule is COCCN(Cc1nc(-c2ccccc2C)no1)C1CC1. The van der Waals surface area contributed by atoms with E-state index in [1.165, 1.54) is 12.8 Å². The fraction of sp³-hybridized carbons (Fsp3) is 0.500. The first-order valence-electron chi connectivity index (χ1n) is 7.39. The fourth-order valence-electron chi connectivity index (χ4n) is 2.46. The maximum Gasteiger partial charge on any atom is 0.241 e. The number of ether oxygens (including phenoxy) is 1. The van der Waals surface area contributed by atoms with E-state index in [0.29, 0.717) is 24.3 Å². The molecule has 0 saturated heterocycles. The molecular formula is C16H21N3O2. The van der Waals surface area contributed by atoms with Crippen LogP contribution in [0.2, 0.25) is 0 Å². The van der Waals surface area contributed by atoms with E-state index in [4.69, 9.17) is 9.26 Å². The largest absolute Gasteiger partial charge is 0.383 e. The Kier molecular flexibility index (Phi) is 4.31. The van der Waals surface area contributed by atoms with Crippen molar-refractivity contribution in [3.8, 4) is 11.4 Å². The van der Waals surface area contributed by atoms with Crippen LogP contribution in [0.4, 0.5) is 0 Å². The lowest BCUT2D eigenvalue weighted by molar-refractivity contribution is 0.131. The molecule has 0 spiro atoms. The third kappa shape index (κ3) is 3.49. The Morgan fingerprint density at radius 2 is 2.14 bits per heavy atom. The van der Waals surface area contributed by atoms with E-state index < -0.39 is 0 Å². The maximum atomic E-state index is 5.42. The highest BCUT2D eigenvalue weighted by molar-refractivity contribution is 5.58. The Labute approximate surface area is 124 Å². The smallest absolute Gasteiger partial charge is 0.241 e. The van der Waals surface area contributed by atoms with Crippen molar-refractivity contribution < 1.29 is 9.26 Å². The zero-order chi connectivity index (χ0) is 14.7. The number of hydrogen-bond acceptors (Lipinski definition) is 5. The van der Waals surface area contributed by atoms with E-state index in [9.17, 15) is 0 Å². The zero-order valence-electron chi connectivity index (χ0n) is 12.6. The molecule has 1 fully saturated rings. The molecule has 0 unspecified atom stereocenters. The van der Waals surface area contributed by atoms with Gasteiger partial charge < -0.3 is 9.26 Å². The number of nitrogens with zero attached hydrogens (tertiary/aromatic N) is 3. The number of rotatable bonds is 7. The van der Waals surface area contributed by atoms with E-state index in [0.717, 1.165) is 24.3 Å². The Morgan fingerprint density at radius 3 is 2.86 bits per heavy atom. The summed E-state index contributed by atoms with van der Waals surface area (Å²) in [6.45, 7) is 4.39. The van der Waals surface area contributed by atoms with Crippen molar-refractivity contribution in [2.75, 3.05) is 20.3 Å². The molecule has 0 N–H and O–H groups in total. The van der Waals surface area contributed by atoms with Gasteiger partial charge in [0.05, 0.1) is 13.2 Å². The molecule has 1 aliphatic rings. The Hall–Kier alpha value is -1.72. The van der Waals surface area contributed by atoms with E-state index in [-0.39, 0.29) is 0 Å². The van der Waals surface area contributed by atoms with Gasteiger partial charge in [-0.1, -0.05) is 29.4 Å². The minimum Gasteiger partial charge on any atom is -0.383 e. The second-order valence-electron chi connectivity index (χ2n) is 5.52. The summed E-state index contributed by atoms with van der Waals surface area (Å²) in [6, 6.07) is 8.73. The van der Waals surface area contributed by atoms with Crippen LogP contribution in [-0.4, -0.2) is 41.3 Å². The van der Waals surface area contributed by atoms with Gasteiger partial charge in [-0.2, -0.15) is 4.98 Å². The molecule has 1 aromatic carbocycles. The molecule has 21 heavy (non-hydrogen) atoms. The summed E-state index contributed by atoms with van der Waals surface area (Å²) < 4.78 is 10.6. The van der Waals surface area contributed by atoms with Gasteiger partial charge >= 0.3 is 0 Å². The minimum absolute atomic E-state index is 0.647. The molecule has 5 heteroatoms. The third-order valence-corrected chi connectivity index (χ3v) is 3.84. The molecule has 0 aliphatic heterocycles. The third-order valence-electron chi connectivity index (χ3n) is 3.84. The average Bonchev–Trinajstić information content (AvgIpc) is 3.24. The molecule has 0 amide bonds. The first-order chi connectivity index (χ1) is 10.3. The lowest BCUT2D eigenvalue weighted by Crippen LogP contribution is -2.29. The normalized spacial score (nSPS) is 14.8. The predicted octanol–water partition coefficient (Wildman–Crippen LogP) is 2.66. The van der Waals surface area contributed by atoms with Crippen LogP contribution < -0.4 is 0 Å². The standard InChI is InChI=1S/C16H21N3O2/c1-12-5-3-4-6-14(12)16-17-15(21-18-16)11-19(9-10-20-2)13-7-8-13/h3-6,13H,7-11H2,1-2H3. The van der Waals surface area contributed by atoms with Crippen LogP contribution in [0.1, 0.15) is 24.3 Å². The van der Waals surface area contributed by atoms with Crippen LogP contribution in [0, 0.1) is 6.92 Å². The van der Waals surface area contributed by atoms with Gasteiger partial charge in [-0.25, -0.2) is 0 Å². The lowest BCUT2D eigenvalue weighted by Gasteiger charge is -2.18. The minimum atomic E-state index is 0.647. The number of methoxy groups -OCH3 is 1. The first-order valence-corrected chi connectivity index (χ1v) is 7.39. The molecule has 0 radical (unpaired) electrons. The van der Waals surface area contributed by atoms with Crippen LogP contribution in [-0.2, 0) is 11.3 Å². The highest BCUT2D eigenvalue weighted by Gasteiger charge is 2.30. The predicted molar refractivity (Wildman–Crippen MR) is 79.8 cm³/mol. The van der Waals surface area contributed by atoms with E-state index >= 15 is 0 Å². The van der Waals surface area contributed by atoms with Crippen LogP contribution >= 0.6 is 0 Å². The van der Waals surface area contributed by atoms with Crippen LogP contribution in [0.5, 0.6) is 0 Å². The van der Waals surface area contributed by atoms with Gasteiger partial charge in [0.1, 0.15) is 0 Å².